The quantitative estimate of drug-likeness (QED) is 0.644. The lowest BCUT2D eigenvalue weighted by atomic mass is 9.82. The lowest BCUT2D eigenvalue weighted by molar-refractivity contribution is -0.130. The molecule has 1 heterocycles. The Morgan fingerprint density at radius 2 is 1.86 bits per heavy atom. The van der Waals surface area contributed by atoms with Crippen LogP contribution < -0.4 is 10.1 Å². The Morgan fingerprint density at radius 1 is 1.11 bits per heavy atom. The van der Waals surface area contributed by atoms with Gasteiger partial charge in [-0.1, -0.05) is 36.4 Å². The second kappa shape index (κ2) is 10.0. The van der Waals surface area contributed by atoms with Crippen molar-refractivity contribution in [2.75, 3.05) is 33.4 Å². The first-order valence-electron chi connectivity index (χ1n) is 10.0. The molecule has 2 atom stereocenters. The van der Waals surface area contributed by atoms with Gasteiger partial charge in [0.25, 0.3) is 0 Å². The summed E-state index contributed by atoms with van der Waals surface area (Å²) < 4.78 is 17.4. The molecule has 0 radical (unpaired) electrons. The zero-order chi connectivity index (χ0) is 19.8. The van der Waals surface area contributed by atoms with E-state index in [1.807, 2.05) is 55.5 Å². The topological polar surface area (TPSA) is 60.0 Å². The van der Waals surface area contributed by atoms with E-state index in [4.69, 9.17) is 14.2 Å². The van der Waals surface area contributed by atoms with E-state index >= 15 is 0 Å². The SMILES string of the molecule is COCCCC[C@@](O)(c1ccccc1Oc1ccccc1C)C1CNCCO1. The largest absolute Gasteiger partial charge is 0.457 e. The molecule has 1 saturated heterocycles. The number of benzene rings is 2. The smallest absolute Gasteiger partial charge is 0.133 e. The van der Waals surface area contributed by atoms with Crippen LogP contribution in [0.5, 0.6) is 11.5 Å². The van der Waals surface area contributed by atoms with E-state index in [0.29, 0.717) is 31.9 Å². The molecule has 5 nitrogen and oxygen atoms in total. The highest BCUT2D eigenvalue weighted by Crippen LogP contribution is 2.40. The number of para-hydroxylation sites is 2. The third kappa shape index (κ3) is 4.92. The van der Waals surface area contributed by atoms with Crippen molar-refractivity contribution in [3.8, 4) is 11.5 Å². The first-order chi connectivity index (χ1) is 13.6. The molecule has 0 aromatic heterocycles. The van der Waals surface area contributed by atoms with Crippen molar-refractivity contribution in [3.05, 3.63) is 59.7 Å². The van der Waals surface area contributed by atoms with Crippen LogP contribution in [0.15, 0.2) is 48.5 Å². The van der Waals surface area contributed by atoms with Crippen LogP contribution in [-0.4, -0.2) is 44.6 Å². The van der Waals surface area contributed by atoms with Crippen molar-refractivity contribution < 1.29 is 19.3 Å². The molecule has 0 saturated carbocycles. The van der Waals surface area contributed by atoms with Gasteiger partial charge in [-0.3, -0.25) is 0 Å². The highest BCUT2D eigenvalue weighted by atomic mass is 16.5. The van der Waals surface area contributed by atoms with Gasteiger partial charge in [0.05, 0.1) is 6.61 Å². The molecule has 3 rings (SSSR count). The Hall–Kier alpha value is -1.92. The minimum Gasteiger partial charge on any atom is -0.457 e. The number of hydrogen-bond acceptors (Lipinski definition) is 5. The molecule has 5 heteroatoms. The maximum absolute atomic E-state index is 11.8. The standard InChI is InChI=1S/C23H31NO4/c1-18-9-3-5-11-20(18)28-21-12-6-4-10-19(21)23(25,13-7-8-15-26-2)22-17-24-14-16-27-22/h3-6,9-12,22,24-25H,7-8,13-17H2,1-2H3/t22?,23-/m1/s1. The Morgan fingerprint density at radius 3 is 2.57 bits per heavy atom. The predicted molar refractivity (Wildman–Crippen MR) is 110 cm³/mol. The molecular weight excluding hydrogens is 354 g/mol. The average molecular weight is 386 g/mol. The van der Waals surface area contributed by atoms with Crippen LogP contribution in [0.3, 0.4) is 0 Å². The van der Waals surface area contributed by atoms with E-state index in [9.17, 15) is 5.11 Å². The molecule has 1 unspecified atom stereocenters. The highest BCUT2D eigenvalue weighted by molar-refractivity contribution is 5.44. The minimum absolute atomic E-state index is 0.328. The lowest BCUT2D eigenvalue weighted by Gasteiger charge is -2.39. The zero-order valence-corrected chi connectivity index (χ0v) is 16.8. The fraction of sp³-hybridized carbons (Fsp3) is 0.478. The van der Waals surface area contributed by atoms with Gasteiger partial charge in [0.15, 0.2) is 0 Å². The summed E-state index contributed by atoms with van der Waals surface area (Å²) in [5, 5.41) is 15.2. The number of methoxy groups -OCH3 is 1. The normalized spacial score (nSPS) is 19.2. The number of aryl methyl sites for hydroxylation is 1. The maximum Gasteiger partial charge on any atom is 0.133 e. The van der Waals surface area contributed by atoms with Gasteiger partial charge in [0.2, 0.25) is 0 Å². The van der Waals surface area contributed by atoms with E-state index in [0.717, 1.165) is 36.3 Å². The van der Waals surface area contributed by atoms with Crippen molar-refractivity contribution in [2.24, 2.45) is 0 Å². The molecule has 2 aromatic carbocycles. The van der Waals surface area contributed by atoms with Gasteiger partial charge in [-0.05, 0) is 43.9 Å². The van der Waals surface area contributed by atoms with E-state index < -0.39 is 5.60 Å². The third-order valence-electron chi connectivity index (χ3n) is 5.28. The average Bonchev–Trinajstić information content (AvgIpc) is 2.74. The summed E-state index contributed by atoms with van der Waals surface area (Å²) in [6, 6.07) is 15.6. The number of nitrogens with one attached hydrogen (secondary N) is 1. The molecule has 0 spiro atoms. The van der Waals surface area contributed by atoms with Gasteiger partial charge >= 0.3 is 0 Å². The summed E-state index contributed by atoms with van der Waals surface area (Å²) in [7, 11) is 1.70. The van der Waals surface area contributed by atoms with Gasteiger partial charge in [-0.2, -0.15) is 0 Å². The Labute approximate surface area is 167 Å². The van der Waals surface area contributed by atoms with Crippen LogP contribution in [0.1, 0.15) is 30.4 Å². The number of unbranched alkanes of at least 4 members (excludes halogenated alkanes) is 1. The van der Waals surface area contributed by atoms with Gasteiger partial charge in [-0.15, -0.1) is 0 Å². The summed E-state index contributed by atoms with van der Waals surface area (Å²) in [5.74, 6) is 1.46. The second-order valence-corrected chi connectivity index (χ2v) is 7.30. The van der Waals surface area contributed by atoms with Crippen LogP contribution in [0, 0.1) is 6.92 Å². The predicted octanol–water partition coefficient (Wildman–Crippen LogP) is 3.78. The molecule has 1 aliphatic heterocycles. The number of rotatable bonds is 9. The fourth-order valence-electron chi connectivity index (χ4n) is 3.68. The highest BCUT2D eigenvalue weighted by Gasteiger charge is 2.41. The Balaban J connectivity index is 1.91. The summed E-state index contributed by atoms with van der Waals surface area (Å²) >= 11 is 0. The van der Waals surface area contributed by atoms with E-state index in [-0.39, 0.29) is 6.10 Å². The fourth-order valence-corrected chi connectivity index (χ4v) is 3.68. The maximum atomic E-state index is 11.8. The Kier molecular flexibility index (Phi) is 7.45. The number of hydrogen-bond donors (Lipinski definition) is 2. The van der Waals surface area contributed by atoms with Crippen LogP contribution >= 0.6 is 0 Å². The van der Waals surface area contributed by atoms with E-state index in [1.54, 1.807) is 7.11 Å². The van der Waals surface area contributed by atoms with Crippen LogP contribution in [0.2, 0.25) is 0 Å². The van der Waals surface area contributed by atoms with Gasteiger partial charge < -0.3 is 24.6 Å². The van der Waals surface area contributed by atoms with Crippen LogP contribution in [-0.2, 0) is 15.1 Å². The Bertz CT molecular complexity index is 745. The molecule has 152 valence electrons. The molecule has 28 heavy (non-hydrogen) atoms. The molecule has 0 bridgehead atoms. The molecule has 2 aromatic rings. The lowest BCUT2D eigenvalue weighted by Crippen LogP contribution is -2.51. The van der Waals surface area contributed by atoms with Crippen molar-refractivity contribution in [3.63, 3.8) is 0 Å². The second-order valence-electron chi connectivity index (χ2n) is 7.30. The monoisotopic (exact) mass is 385 g/mol. The van der Waals surface area contributed by atoms with Crippen molar-refractivity contribution in [1.82, 2.24) is 5.32 Å². The number of morpholine rings is 1. The van der Waals surface area contributed by atoms with E-state index in [2.05, 4.69) is 5.32 Å². The first-order valence-corrected chi connectivity index (χ1v) is 10.0. The molecule has 0 amide bonds. The van der Waals surface area contributed by atoms with Gasteiger partial charge in [0.1, 0.15) is 23.2 Å². The molecular formula is C23H31NO4. The third-order valence-corrected chi connectivity index (χ3v) is 5.28. The van der Waals surface area contributed by atoms with Crippen LogP contribution in [0.25, 0.3) is 0 Å². The zero-order valence-electron chi connectivity index (χ0n) is 16.8. The summed E-state index contributed by atoms with van der Waals surface area (Å²) in [4.78, 5) is 0. The molecule has 0 aliphatic carbocycles. The van der Waals surface area contributed by atoms with Gasteiger partial charge in [0, 0.05) is 32.4 Å². The summed E-state index contributed by atoms with van der Waals surface area (Å²) in [6.45, 7) is 4.70. The number of ether oxygens (including phenoxy) is 3. The summed E-state index contributed by atoms with van der Waals surface area (Å²) in [6.07, 6.45) is 1.98. The number of aliphatic hydroxyl groups is 1. The molecule has 1 aliphatic rings. The van der Waals surface area contributed by atoms with Crippen molar-refractivity contribution in [1.29, 1.82) is 0 Å². The minimum atomic E-state index is -1.14. The molecule has 2 N–H and O–H groups in total. The van der Waals surface area contributed by atoms with E-state index in [1.165, 1.54) is 0 Å². The van der Waals surface area contributed by atoms with Gasteiger partial charge in [-0.25, -0.2) is 0 Å². The van der Waals surface area contributed by atoms with Crippen molar-refractivity contribution in [2.45, 2.75) is 37.9 Å². The first kappa shape index (κ1) is 20.8. The van der Waals surface area contributed by atoms with Crippen molar-refractivity contribution >= 4 is 0 Å². The molecule has 1 fully saturated rings. The summed E-state index contributed by atoms with van der Waals surface area (Å²) in [5.41, 5.74) is 0.682. The van der Waals surface area contributed by atoms with Crippen LogP contribution in [0.4, 0.5) is 0 Å².